The number of aliphatic hydroxyl groups excluding tert-OH is 1. The van der Waals surface area contributed by atoms with Crippen LogP contribution in [-0.4, -0.2) is 99.2 Å². The molecular formula is C41H72N3NaO11P. The summed E-state index contributed by atoms with van der Waals surface area (Å²) < 4.78 is 40.8. The van der Waals surface area contributed by atoms with E-state index >= 15 is 0 Å². The van der Waals surface area contributed by atoms with Crippen LogP contribution < -0.4 is 11.4 Å². The molecular weight excluding hydrogens is 764 g/mol. The van der Waals surface area contributed by atoms with Crippen molar-refractivity contribution in [1.29, 1.82) is 0 Å². The Labute approximate surface area is 363 Å². The molecule has 2 rings (SSSR count). The number of unbranched alkanes of at least 4 members (excludes halogenated alkanes) is 20. The van der Waals surface area contributed by atoms with E-state index in [-0.39, 0.29) is 60.4 Å². The molecule has 14 nitrogen and oxygen atoms in total. The number of esters is 2. The number of hydrogen-bond acceptors (Lipinski definition) is 12. The molecule has 5 atom stereocenters. The average Bonchev–Trinajstić information content (AvgIpc) is 3.45. The van der Waals surface area contributed by atoms with Crippen LogP contribution in [0, 0.1) is 0 Å². The van der Waals surface area contributed by atoms with Gasteiger partial charge in [-0.05, 0) is 18.9 Å². The number of rotatable bonds is 34. The van der Waals surface area contributed by atoms with Crippen molar-refractivity contribution in [2.45, 2.75) is 192 Å². The predicted molar refractivity (Wildman–Crippen MR) is 222 cm³/mol. The van der Waals surface area contributed by atoms with Crippen molar-refractivity contribution in [1.82, 2.24) is 9.55 Å². The molecule has 1 saturated heterocycles. The van der Waals surface area contributed by atoms with E-state index in [4.69, 9.17) is 29.0 Å². The summed E-state index contributed by atoms with van der Waals surface area (Å²) in [4.78, 5) is 51.7. The van der Waals surface area contributed by atoms with Crippen molar-refractivity contribution in [3.05, 3.63) is 34.9 Å². The van der Waals surface area contributed by atoms with Gasteiger partial charge in [0.1, 0.15) is 24.6 Å². The number of anilines is 1. The number of aliphatic hydroxyl groups is 1. The molecule has 1 aromatic rings. The van der Waals surface area contributed by atoms with Gasteiger partial charge in [0.15, 0.2) is 12.3 Å². The summed E-state index contributed by atoms with van der Waals surface area (Å²) in [6, 6.07) is 1.38. The van der Waals surface area contributed by atoms with Crippen LogP contribution in [0.25, 0.3) is 0 Å². The fraction of sp³-hybridized carbons (Fsp3) is 0.805. The first kappa shape index (κ1) is 53.4. The molecule has 1 aliphatic heterocycles. The monoisotopic (exact) mass is 836 g/mol. The third kappa shape index (κ3) is 24.3. The number of carbonyl (C=O) groups excluding carboxylic acids is 2. The maximum absolute atomic E-state index is 12.9. The van der Waals surface area contributed by atoms with E-state index in [0.29, 0.717) is 12.8 Å². The Balaban J connectivity index is 0.0000162. The fourth-order valence-electron chi connectivity index (χ4n) is 6.56. The molecule has 1 unspecified atom stereocenters. The van der Waals surface area contributed by atoms with Crippen LogP contribution >= 0.6 is 7.82 Å². The second-order valence-corrected chi connectivity index (χ2v) is 16.5. The van der Waals surface area contributed by atoms with Gasteiger partial charge in [-0.25, -0.2) is 9.36 Å². The fourth-order valence-corrected chi connectivity index (χ4v) is 7.32. The van der Waals surface area contributed by atoms with Crippen molar-refractivity contribution in [3.8, 4) is 0 Å². The van der Waals surface area contributed by atoms with Crippen molar-refractivity contribution in [2.24, 2.45) is 0 Å². The van der Waals surface area contributed by atoms with E-state index in [9.17, 15) is 28.9 Å². The van der Waals surface area contributed by atoms with Gasteiger partial charge in [0.2, 0.25) is 0 Å². The maximum atomic E-state index is 12.9. The molecule has 57 heavy (non-hydrogen) atoms. The summed E-state index contributed by atoms with van der Waals surface area (Å²) >= 11 is 0. The molecule has 0 spiro atoms. The summed E-state index contributed by atoms with van der Waals surface area (Å²) in [5, 5.41) is 10.6. The van der Waals surface area contributed by atoms with E-state index in [0.717, 1.165) is 43.1 Å². The molecule has 1 aliphatic rings. The molecule has 1 aromatic heterocycles. The Kier molecular flexibility index (Phi) is 30.2. The summed E-state index contributed by atoms with van der Waals surface area (Å²) in [5.41, 5.74) is 4.93. The molecule has 16 heteroatoms. The van der Waals surface area contributed by atoms with Crippen LogP contribution in [0.2, 0.25) is 0 Å². The summed E-state index contributed by atoms with van der Waals surface area (Å²) in [6.45, 7) is 6.67. The summed E-state index contributed by atoms with van der Waals surface area (Å²) in [7, 11) is -4.78. The number of phosphoric ester groups is 1. The van der Waals surface area contributed by atoms with Crippen LogP contribution in [0.5, 0.6) is 0 Å². The minimum Gasteiger partial charge on any atom is -0.462 e. The molecule has 1 fully saturated rings. The van der Waals surface area contributed by atoms with Crippen LogP contribution in [-0.2, 0) is 37.4 Å². The number of carbonyl (C=O) groups is 2. The molecule has 0 amide bonds. The van der Waals surface area contributed by atoms with Crippen molar-refractivity contribution < 1.29 is 47.4 Å². The largest absolute Gasteiger partial charge is 0.472 e. The van der Waals surface area contributed by atoms with Gasteiger partial charge >= 0.3 is 25.5 Å². The number of nitrogens with zero attached hydrogens (tertiary/aromatic N) is 2. The smallest absolute Gasteiger partial charge is 0.462 e. The number of nitrogens with two attached hydrogens (primary N) is 1. The Morgan fingerprint density at radius 2 is 1.30 bits per heavy atom. The zero-order valence-corrected chi connectivity index (χ0v) is 38.1. The van der Waals surface area contributed by atoms with Crippen molar-refractivity contribution in [3.63, 3.8) is 0 Å². The molecule has 1 radical (unpaired) electrons. The maximum Gasteiger partial charge on any atom is 0.472 e. The normalized spacial score (nSPS) is 18.2. The Bertz CT molecular complexity index is 1370. The van der Waals surface area contributed by atoms with Crippen LogP contribution in [0.4, 0.5) is 5.82 Å². The number of nitrogen functional groups attached to an aromatic ring is 1. The number of hydrogen-bond donors (Lipinski definition) is 3. The molecule has 0 aliphatic carbocycles. The van der Waals surface area contributed by atoms with Gasteiger partial charge in [-0.1, -0.05) is 149 Å². The Morgan fingerprint density at radius 1 is 0.825 bits per heavy atom. The minimum atomic E-state index is -4.78. The van der Waals surface area contributed by atoms with Crippen LogP contribution in [0.3, 0.4) is 0 Å². The molecule has 4 N–H and O–H groups in total. The molecule has 2 heterocycles. The molecule has 0 saturated carbocycles. The van der Waals surface area contributed by atoms with Gasteiger partial charge in [0.25, 0.3) is 0 Å². The second kappa shape index (κ2) is 32.2. The van der Waals surface area contributed by atoms with Crippen molar-refractivity contribution in [2.75, 3.05) is 25.6 Å². The zero-order valence-electron chi connectivity index (χ0n) is 35.3. The quantitative estimate of drug-likeness (QED) is 0.0197. The Morgan fingerprint density at radius 3 is 1.79 bits per heavy atom. The third-order valence-electron chi connectivity index (χ3n) is 9.98. The SMILES string of the molecule is C=C1[C@H](n2ccc(N)nc2=O)O[C@H](COP(=O)(O)OC[C@@H](COC(=O)CCCCCCCCCCCCC)OC(=O)CCCCCCCCCCCCC)[C@H]1O.[Na]. The van der Waals surface area contributed by atoms with Gasteiger partial charge in [-0.15, -0.1) is 0 Å². The summed E-state index contributed by atoms with van der Waals surface area (Å²) in [5.74, 6) is -0.969. The predicted octanol–water partition coefficient (Wildman–Crippen LogP) is 8.25. The third-order valence-corrected chi connectivity index (χ3v) is 10.9. The van der Waals surface area contributed by atoms with E-state index in [1.165, 1.54) is 102 Å². The second-order valence-electron chi connectivity index (χ2n) is 15.0. The molecule has 0 bridgehead atoms. The standard InChI is InChI=1S/C41H72N3O11P.Na/c1-4-6-8-10-12-14-16-18-20-22-24-26-37(45)51-30-34(54-38(46)27-25-23-21-19-17-15-13-11-9-7-5-2)31-52-56(49,50)53-32-35-39(47)33(3)40(55-35)44-29-28-36(42)43-41(44)48;/h28-29,34-35,39-40,47H,3-27,30-32H2,1-2H3,(H,49,50)(H2,42,43,48);/t34-,35-,39+,40-;/m1./s1. The first-order valence-corrected chi connectivity index (χ1v) is 22.8. The summed E-state index contributed by atoms with van der Waals surface area (Å²) in [6.07, 6.45) is 22.1. The van der Waals surface area contributed by atoms with E-state index in [1.807, 2.05) is 0 Å². The van der Waals surface area contributed by atoms with E-state index in [2.05, 4.69) is 25.4 Å². The van der Waals surface area contributed by atoms with E-state index < -0.39 is 63.2 Å². The first-order chi connectivity index (χ1) is 27.0. The van der Waals surface area contributed by atoms with Gasteiger partial charge in [0, 0.05) is 54.2 Å². The average molecular weight is 837 g/mol. The van der Waals surface area contributed by atoms with E-state index in [1.54, 1.807) is 0 Å². The molecule has 323 valence electrons. The van der Waals surface area contributed by atoms with Gasteiger partial charge in [0.05, 0.1) is 13.2 Å². The van der Waals surface area contributed by atoms with Gasteiger partial charge < -0.3 is 29.9 Å². The van der Waals surface area contributed by atoms with Gasteiger partial charge in [-0.3, -0.25) is 23.2 Å². The molecule has 0 aromatic carbocycles. The number of aromatic nitrogens is 2. The van der Waals surface area contributed by atoms with Crippen molar-refractivity contribution >= 4 is 55.1 Å². The minimum absolute atomic E-state index is 0. The van der Waals surface area contributed by atoms with Gasteiger partial charge in [-0.2, -0.15) is 4.98 Å². The topological polar surface area (TPSA) is 199 Å². The zero-order chi connectivity index (χ0) is 41.0. The number of ether oxygens (including phenoxy) is 3. The number of phosphoric acid groups is 1. The van der Waals surface area contributed by atoms with Crippen LogP contribution in [0.1, 0.15) is 174 Å². The first-order valence-electron chi connectivity index (χ1n) is 21.3. The Hall–Kier alpha value is -1.61. The van der Waals surface area contributed by atoms with Crippen LogP contribution in [0.15, 0.2) is 29.2 Å².